The number of benzene rings is 1. The summed E-state index contributed by atoms with van der Waals surface area (Å²) in [6, 6.07) is 5.42. The molecule has 0 aliphatic heterocycles. The van der Waals surface area contributed by atoms with Crippen molar-refractivity contribution in [2.24, 2.45) is 0 Å². The van der Waals surface area contributed by atoms with Crippen LogP contribution in [-0.4, -0.2) is 22.1 Å². The second-order valence-corrected chi connectivity index (χ2v) is 5.42. The molecule has 4 nitrogen and oxygen atoms in total. The minimum Gasteiger partial charge on any atom is -0.478 e. The number of rotatable bonds is 3. The Morgan fingerprint density at radius 3 is 2.21 bits per heavy atom. The van der Waals surface area contributed by atoms with Crippen LogP contribution in [-0.2, 0) is 4.57 Å². The van der Waals surface area contributed by atoms with Crippen molar-refractivity contribution in [3.8, 4) is 0 Å². The molecule has 0 bridgehead atoms. The van der Waals surface area contributed by atoms with Crippen LogP contribution in [0.1, 0.15) is 17.3 Å². The van der Waals surface area contributed by atoms with Crippen LogP contribution in [0.4, 0.5) is 0 Å². The van der Waals surface area contributed by atoms with Crippen LogP contribution in [0, 0.1) is 0 Å². The van der Waals surface area contributed by atoms with E-state index in [2.05, 4.69) is 0 Å². The van der Waals surface area contributed by atoms with Crippen LogP contribution in [0.15, 0.2) is 24.3 Å². The lowest BCUT2D eigenvalue weighted by molar-refractivity contribution is 0.0697. The number of aromatic carboxylic acids is 1. The Hall–Kier alpha value is -1.12. The highest BCUT2D eigenvalue weighted by Crippen LogP contribution is 2.38. The van der Waals surface area contributed by atoms with E-state index in [-0.39, 0.29) is 11.7 Å². The lowest BCUT2D eigenvalue weighted by Crippen LogP contribution is -2.07. The van der Waals surface area contributed by atoms with Crippen LogP contribution in [0.25, 0.3) is 0 Å². The number of hydrogen-bond donors (Lipinski definition) is 2. The van der Waals surface area contributed by atoms with E-state index in [9.17, 15) is 14.3 Å². The SMILES string of the molecule is CCP(=O)(O)c1ccc(C(=O)O)cc1. The first-order valence-corrected chi connectivity index (χ1v) is 5.97. The number of carboxylic acid groups (broad SMARTS) is 1. The number of carbonyl (C=O) groups is 1. The maximum absolute atomic E-state index is 11.5. The predicted molar refractivity (Wildman–Crippen MR) is 53.4 cm³/mol. The van der Waals surface area contributed by atoms with Crippen molar-refractivity contribution in [2.45, 2.75) is 6.92 Å². The fourth-order valence-corrected chi connectivity index (χ4v) is 2.00. The minimum atomic E-state index is -3.27. The molecule has 2 N–H and O–H groups in total. The highest BCUT2D eigenvalue weighted by molar-refractivity contribution is 7.66. The van der Waals surface area contributed by atoms with Gasteiger partial charge in [-0.25, -0.2) is 4.79 Å². The van der Waals surface area contributed by atoms with Gasteiger partial charge in [-0.3, -0.25) is 4.57 Å². The van der Waals surface area contributed by atoms with E-state index < -0.39 is 13.3 Å². The second kappa shape index (κ2) is 3.95. The van der Waals surface area contributed by atoms with E-state index in [1.165, 1.54) is 24.3 Å². The van der Waals surface area contributed by atoms with Crippen molar-refractivity contribution < 1.29 is 19.4 Å². The van der Waals surface area contributed by atoms with Crippen molar-refractivity contribution in [1.29, 1.82) is 0 Å². The van der Waals surface area contributed by atoms with Crippen molar-refractivity contribution in [1.82, 2.24) is 0 Å². The van der Waals surface area contributed by atoms with E-state index in [4.69, 9.17) is 5.11 Å². The first-order chi connectivity index (χ1) is 6.47. The molecule has 0 saturated carbocycles. The van der Waals surface area contributed by atoms with Crippen LogP contribution < -0.4 is 5.30 Å². The van der Waals surface area contributed by atoms with Crippen LogP contribution >= 0.6 is 7.37 Å². The second-order valence-electron chi connectivity index (χ2n) is 2.87. The molecule has 76 valence electrons. The van der Waals surface area contributed by atoms with Gasteiger partial charge in [0.15, 0.2) is 0 Å². The Labute approximate surface area is 81.7 Å². The molecule has 14 heavy (non-hydrogen) atoms. The minimum absolute atomic E-state index is 0.116. The fraction of sp³-hybridized carbons (Fsp3) is 0.222. The van der Waals surface area contributed by atoms with Gasteiger partial charge in [0, 0.05) is 11.5 Å². The maximum Gasteiger partial charge on any atom is 0.335 e. The molecule has 5 heteroatoms. The quantitative estimate of drug-likeness (QED) is 0.743. The average molecular weight is 214 g/mol. The van der Waals surface area contributed by atoms with Crippen LogP contribution in [0.5, 0.6) is 0 Å². The Kier molecular flexibility index (Phi) is 3.09. The lowest BCUT2D eigenvalue weighted by Gasteiger charge is -2.08. The van der Waals surface area contributed by atoms with E-state index in [1.807, 2.05) is 0 Å². The molecule has 0 amide bonds. The van der Waals surface area contributed by atoms with E-state index >= 15 is 0 Å². The molecule has 0 spiro atoms. The van der Waals surface area contributed by atoms with E-state index in [0.717, 1.165) is 0 Å². The smallest absolute Gasteiger partial charge is 0.335 e. The standard InChI is InChI=1S/C9H11O4P/c1-2-14(12,13)8-5-3-7(4-6-8)9(10)11/h3-6H,2H2,1H3,(H,10,11)(H,12,13). The molecule has 1 aromatic rings. The summed E-state index contributed by atoms with van der Waals surface area (Å²) < 4.78 is 11.5. The van der Waals surface area contributed by atoms with E-state index in [1.54, 1.807) is 6.92 Å². The molecule has 1 unspecified atom stereocenters. The summed E-state index contributed by atoms with van der Waals surface area (Å²) in [5.74, 6) is -1.04. The Balaban J connectivity index is 3.06. The van der Waals surface area contributed by atoms with Gasteiger partial charge >= 0.3 is 5.97 Å². The molecule has 1 atom stereocenters. The first-order valence-electron chi connectivity index (χ1n) is 4.13. The molecule has 1 rings (SSSR count). The maximum atomic E-state index is 11.5. The van der Waals surface area contributed by atoms with Gasteiger partial charge in [0.05, 0.1) is 5.56 Å². The van der Waals surface area contributed by atoms with Gasteiger partial charge in [-0.2, -0.15) is 0 Å². The van der Waals surface area contributed by atoms with Crippen LogP contribution in [0.3, 0.4) is 0 Å². The largest absolute Gasteiger partial charge is 0.478 e. The zero-order chi connectivity index (χ0) is 10.8. The van der Waals surface area contributed by atoms with Gasteiger partial charge in [0.25, 0.3) is 0 Å². The molecule has 1 aromatic carbocycles. The van der Waals surface area contributed by atoms with Gasteiger partial charge in [-0.1, -0.05) is 6.92 Å². The molecule has 0 aliphatic rings. The summed E-state index contributed by atoms with van der Waals surface area (Å²) in [7, 11) is -3.27. The highest BCUT2D eigenvalue weighted by Gasteiger charge is 2.18. The van der Waals surface area contributed by atoms with Crippen molar-refractivity contribution in [2.75, 3.05) is 6.16 Å². The van der Waals surface area contributed by atoms with Gasteiger partial charge in [-0.15, -0.1) is 0 Å². The summed E-state index contributed by atoms with van der Waals surface area (Å²) in [4.78, 5) is 19.9. The predicted octanol–water partition coefficient (Wildman–Crippen LogP) is 1.30. The fourth-order valence-electron chi connectivity index (χ4n) is 1.02. The zero-order valence-corrected chi connectivity index (χ0v) is 8.57. The Bertz CT molecular complexity index is 382. The molecular weight excluding hydrogens is 203 g/mol. The third-order valence-corrected chi connectivity index (χ3v) is 3.91. The molecular formula is C9H11O4P. The molecule has 0 aromatic heterocycles. The van der Waals surface area contributed by atoms with Gasteiger partial charge in [0.2, 0.25) is 7.37 Å². The monoisotopic (exact) mass is 214 g/mol. The summed E-state index contributed by atoms with van der Waals surface area (Å²) in [5, 5.41) is 8.90. The summed E-state index contributed by atoms with van der Waals surface area (Å²) in [6.45, 7) is 1.62. The summed E-state index contributed by atoms with van der Waals surface area (Å²) >= 11 is 0. The highest BCUT2D eigenvalue weighted by atomic mass is 31.2. The Morgan fingerprint density at radius 2 is 1.86 bits per heavy atom. The molecule has 0 radical (unpaired) electrons. The molecule has 0 fully saturated rings. The average Bonchev–Trinajstić information content (AvgIpc) is 2.18. The van der Waals surface area contributed by atoms with Gasteiger partial charge < -0.3 is 10.00 Å². The van der Waals surface area contributed by atoms with Crippen molar-refractivity contribution >= 4 is 18.6 Å². The molecule has 0 aliphatic carbocycles. The molecule has 0 saturated heterocycles. The van der Waals surface area contributed by atoms with Gasteiger partial charge in [-0.05, 0) is 24.3 Å². The van der Waals surface area contributed by atoms with Gasteiger partial charge in [0.1, 0.15) is 0 Å². The van der Waals surface area contributed by atoms with E-state index in [0.29, 0.717) is 5.30 Å². The third kappa shape index (κ3) is 2.22. The summed E-state index contributed by atoms with van der Waals surface area (Å²) in [6.07, 6.45) is 0.152. The summed E-state index contributed by atoms with van der Waals surface area (Å²) in [5.41, 5.74) is 0.116. The topological polar surface area (TPSA) is 74.6 Å². The molecule has 0 heterocycles. The van der Waals surface area contributed by atoms with Crippen molar-refractivity contribution in [3.05, 3.63) is 29.8 Å². The first kappa shape index (κ1) is 11.0. The number of hydrogen-bond acceptors (Lipinski definition) is 2. The normalized spacial score (nSPS) is 14.7. The lowest BCUT2D eigenvalue weighted by atomic mass is 10.2. The van der Waals surface area contributed by atoms with Crippen molar-refractivity contribution in [3.63, 3.8) is 0 Å². The Morgan fingerprint density at radius 1 is 1.36 bits per heavy atom. The van der Waals surface area contributed by atoms with Crippen LogP contribution in [0.2, 0.25) is 0 Å². The third-order valence-electron chi connectivity index (χ3n) is 1.95. The zero-order valence-electron chi connectivity index (χ0n) is 7.67. The number of carboxylic acids is 1.